The van der Waals surface area contributed by atoms with Crippen molar-refractivity contribution < 1.29 is 4.92 Å². The first-order chi connectivity index (χ1) is 10.1. The van der Waals surface area contributed by atoms with Crippen molar-refractivity contribution in [3.05, 3.63) is 16.3 Å². The van der Waals surface area contributed by atoms with Crippen molar-refractivity contribution in [2.75, 3.05) is 23.8 Å². The first-order valence-electron chi connectivity index (χ1n) is 7.61. The first-order valence-corrected chi connectivity index (χ1v) is 7.61. The van der Waals surface area contributed by atoms with Crippen LogP contribution in [0.15, 0.2) is 6.20 Å². The van der Waals surface area contributed by atoms with Crippen LogP contribution in [0.2, 0.25) is 0 Å². The molecule has 1 aliphatic carbocycles. The monoisotopic (exact) mass is 293 g/mol. The zero-order chi connectivity index (χ0) is 15.2. The second-order valence-electron chi connectivity index (χ2n) is 5.49. The van der Waals surface area contributed by atoms with Gasteiger partial charge in [0.2, 0.25) is 11.8 Å². The summed E-state index contributed by atoms with van der Waals surface area (Å²) >= 11 is 0. The zero-order valence-electron chi connectivity index (χ0n) is 12.7. The largest absolute Gasteiger partial charge is 0.354 e. The summed E-state index contributed by atoms with van der Waals surface area (Å²) in [5.41, 5.74) is -0.0230. The van der Waals surface area contributed by atoms with Crippen LogP contribution in [-0.4, -0.2) is 34.5 Å². The molecule has 0 aliphatic heterocycles. The van der Waals surface area contributed by atoms with E-state index in [4.69, 9.17) is 0 Å². The third-order valence-electron chi connectivity index (χ3n) is 3.94. The van der Waals surface area contributed by atoms with E-state index in [2.05, 4.69) is 15.3 Å². The van der Waals surface area contributed by atoms with Crippen LogP contribution in [0.3, 0.4) is 0 Å². The Labute approximate surface area is 124 Å². The van der Waals surface area contributed by atoms with Gasteiger partial charge in [0.25, 0.3) is 0 Å². The molecule has 0 spiro atoms. The molecule has 21 heavy (non-hydrogen) atoms. The van der Waals surface area contributed by atoms with E-state index < -0.39 is 4.92 Å². The Bertz CT molecular complexity index is 488. The van der Waals surface area contributed by atoms with Gasteiger partial charge in [0.1, 0.15) is 6.20 Å². The maximum absolute atomic E-state index is 11.2. The van der Waals surface area contributed by atoms with Gasteiger partial charge < -0.3 is 10.2 Å². The van der Waals surface area contributed by atoms with Crippen LogP contribution in [-0.2, 0) is 0 Å². The summed E-state index contributed by atoms with van der Waals surface area (Å²) in [5, 5.41) is 14.3. The van der Waals surface area contributed by atoms with Gasteiger partial charge in [0.05, 0.1) is 4.92 Å². The van der Waals surface area contributed by atoms with Crippen molar-refractivity contribution >= 4 is 17.5 Å². The molecule has 1 fully saturated rings. The summed E-state index contributed by atoms with van der Waals surface area (Å²) in [5.74, 6) is 0.876. The van der Waals surface area contributed by atoms with E-state index in [1.54, 1.807) is 0 Å². The Kier molecular flexibility index (Phi) is 5.30. The molecule has 0 atom stereocenters. The first kappa shape index (κ1) is 15.5. The number of rotatable bonds is 6. The fraction of sp³-hybridized carbons (Fsp3) is 0.714. The minimum atomic E-state index is -0.405. The zero-order valence-corrected chi connectivity index (χ0v) is 12.7. The fourth-order valence-corrected chi connectivity index (χ4v) is 2.72. The van der Waals surface area contributed by atoms with E-state index in [0.717, 1.165) is 25.8 Å². The molecule has 0 unspecified atom stereocenters. The Morgan fingerprint density at radius 1 is 1.43 bits per heavy atom. The molecule has 116 valence electrons. The highest BCUT2D eigenvalue weighted by atomic mass is 16.6. The fourth-order valence-electron chi connectivity index (χ4n) is 2.72. The summed E-state index contributed by atoms with van der Waals surface area (Å²) in [4.78, 5) is 21.2. The summed E-state index contributed by atoms with van der Waals surface area (Å²) in [6, 6.07) is 0.325. The molecule has 1 aromatic heterocycles. The lowest BCUT2D eigenvalue weighted by Gasteiger charge is -2.31. The van der Waals surface area contributed by atoms with Gasteiger partial charge in [0.15, 0.2) is 0 Å². The van der Waals surface area contributed by atoms with E-state index in [0.29, 0.717) is 17.8 Å². The number of aromatic nitrogens is 2. The molecule has 7 nitrogen and oxygen atoms in total. The standard InChI is InChI=1S/C14H23N5O2/c1-3-9-15-14-16-10-12(19(20)21)13(17-14)18(2)11-7-5-4-6-8-11/h10-11H,3-9H2,1-2H3,(H,15,16,17). The summed E-state index contributed by atoms with van der Waals surface area (Å²) < 4.78 is 0. The topological polar surface area (TPSA) is 84.2 Å². The highest BCUT2D eigenvalue weighted by Crippen LogP contribution is 2.31. The number of hydrogen-bond acceptors (Lipinski definition) is 6. The predicted molar refractivity (Wildman–Crippen MR) is 82.7 cm³/mol. The summed E-state index contributed by atoms with van der Waals surface area (Å²) in [6.45, 7) is 2.80. The molecule has 1 N–H and O–H groups in total. The number of nitrogens with one attached hydrogen (secondary N) is 1. The highest BCUT2D eigenvalue weighted by Gasteiger charge is 2.26. The third-order valence-corrected chi connectivity index (χ3v) is 3.94. The maximum atomic E-state index is 11.2. The van der Waals surface area contributed by atoms with Gasteiger partial charge in [-0.2, -0.15) is 4.98 Å². The lowest BCUT2D eigenvalue weighted by molar-refractivity contribution is -0.384. The second kappa shape index (κ2) is 7.19. The molecule has 0 saturated heterocycles. The van der Waals surface area contributed by atoms with Crippen LogP contribution in [0.1, 0.15) is 45.4 Å². The molecule has 1 aliphatic rings. The molecule has 0 aromatic carbocycles. The van der Waals surface area contributed by atoms with Crippen LogP contribution in [0.4, 0.5) is 17.5 Å². The average molecular weight is 293 g/mol. The Hall–Kier alpha value is -1.92. The second-order valence-corrected chi connectivity index (χ2v) is 5.49. The van der Waals surface area contributed by atoms with Crippen molar-refractivity contribution in [2.24, 2.45) is 0 Å². The molecule has 1 heterocycles. The third kappa shape index (κ3) is 3.80. The van der Waals surface area contributed by atoms with Gasteiger partial charge >= 0.3 is 5.69 Å². The molecular formula is C14H23N5O2. The van der Waals surface area contributed by atoms with Crippen LogP contribution in [0, 0.1) is 10.1 Å². The van der Waals surface area contributed by atoms with E-state index in [-0.39, 0.29) is 5.69 Å². The van der Waals surface area contributed by atoms with E-state index in [9.17, 15) is 10.1 Å². The molecular weight excluding hydrogens is 270 g/mol. The molecule has 0 radical (unpaired) electrons. The van der Waals surface area contributed by atoms with Crippen molar-refractivity contribution in [3.8, 4) is 0 Å². The Morgan fingerprint density at radius 2 is 2.14 bits per heavy atom. The van der Waals surface area contributed by atoms with Gasteiger partial charge in [-0.25, -0.2) is 4.98 Å². The molecule has 2 rings (SSSR count). The smallest absolute Gasteiger partial charge is 0.329 e. The van der Waals surface area contributed by atoms with Crippen molar-refractivity contribution in [1.82, 2.24) is 9.97 Å². The van der Waals surface area contributed by atoms with E-state index in [1.807, 2.05) is 18.9 Å². The van der Waals surface area contributed by atoms with Gasteiger partial charge in [-0.3, -0.25) is 10.1 Å². The van der Waals surface area contributed by atoms with Crippen molar-refractivity contribution in [3.63, 3.8) is 0 Å². The minimum Gasteiger partial charge on any atom is -0.354 e. The van der Waals surface area contributed by atoms with Crippen LogP contribution in [0.5, 0.6) is 0 Å². The molecule has 1 aromatic rings. The number of nitrogens with zero attached hydrogens (tertiary/aromatic N) is 4. The summed E-state index contributed by atoms with van der Waals surface area (Å²) in [6.07, 6.45) is 7.99. The summed E-state index contributed by atoms with van der Waals surface area (Å²) in [7, 11) is 1.90. The van der Waals surface area contributed by atoms with Gasteiger partial charge in [0, 0.05) is 19.6 Å². The molecule has 0 bridgehead atoms. The van der Waals surface area contributed by atoms with Crippen LogP contribution < -0.4 is 10.2 Å². The number of hydrogen-bond donors (Lipinski definition) is 1. The number of nitro groups is 1. The van der Waals surface area contributed by atoms with Crippen molar-refractivity contribution in [1.29, 1.82) is 0 Å². The molecule has 1 saturated carbocycles. The normalized spacial score (nSPS) is 15.7. The molecule has 7 heteroatoms. The maximum Gasteiger partial charge on any atom is 0.329 e. The van der Waals surface area contributed by atoms with Crippen molar-refractivity contribution in [2.45, 2.75) is 51.5 Å². The minimum absolute atomic E-state index is 0.0230. The molecule has 0 amide bonds. The Morgan fingerprint density at radius 3 is 2.76 bits per heavy atom. The predicted octanol–water partition coefficient (Wildman–Crippen LogP) is 2.98. The SMILES string of the molecule is CCCNc1ncc([N+](=O)[O-])c(N(C)C2CCCCC2)n1. The highest BCUT2D eigenvalue weighted by molar-refractivity contribution is 5.59. The van der Waals surface area contributed by atoms with Crippen LogP contribution >= 0.6 is 0 Å². The van der Waals surface area contributed by atoms with Gasteiger partial charge in [-0.1, -0.05) is 26.2 Å². The Balaban J connectivity index is 2.26. The lowest BCUT2D eigenvalue weighted by Crippen LogP contribution is -2.34. The van der Waals surface area contributed by atoms with E-state index >= 15 is 0 Å². The number of anilines is 2. The van der Waals surface area contributed by atoms with Gasteiger partial charge in [-0.15, -0.1) is 0 Å². The lowest BCUT2D eigenvalue weighted by atomic mass is 9.94. The van der Waals surface area contributed by atoms with E-state index in [1.165, 1.54) is 25.5 Å². The quantitative estimate of drug-likeness (QED) is 0.641. The average Bonchev–Trinajstić information content (AvgIpc) is 2.52. The van der Waals surface area contributed by atoms with Gasteiger partial charge in [-0.05, 0) is 19.3 Å². The van der Waals surface area contributed by atoms with Crippen LogP contribution in [0.25, 0.3) is 0 Å².